The highest BCUT2D eigenvalue weighted by Gasteiger charge is 1.87. The number of alkyl halides is 1. The Morgan fingerprint density at radius 3 is 2.50 bits per heavy atom. The molecule has 0 bridgehead atoms. The van der Waals surface area contributed by atoms with Crippen molar-refractivity contribution < 1.29 is 4.74 Å². The van der Waals surface area contributed by atoms with Crippen LogP contribution < -0.4 is 0 Å². The van der Waals surface area contributed by atoms with E-state index >= 15 is 0 Å². The van der Waals surface area contributed by atoms with Crippen molar-refractivity contribution in [3.05, 3.63) is 0 Å². The molecule has 62 valence electrons. The van der Waals surface area contributed by atoms with Gasteiger partial charge in [0.15, 0.2) is 0 Å². The van der Waals surface area contributed by atoms with Crippen LogP contribution in [0.25, 0.3) is 0 Å². The Bertz CT molecular complexity index is 49.2. The van der Waals surface area contributed by atoms with Crippen LogP contribution in [-0.2, 0) is 4.74 Å². The lowest BCUT2D eigenvalue weighted by molar-refractivity contribution is 0.144. The summed E-state index contributed by atoms with van der Waals surface area (Å²) < 4.78 is 5.20. The van der Waals surface area contributed by atoms with Gasteiger partial charge in [-0.25, -0.2) is 0 Å². The zero-order valence-corrected chi connectivity index (χ0v) is 7.49. The van der Waals surface area contributed by atoms with Crippen LogP contribution in [0.3, 0.4) is 0 Å². The smallest absolute Gasteiger partial charge is 0.0601 e. The van der Waals surface area contributed by atoms with Gasteiger partial charge in [0.25, 0.3) is 0 Å². The van der Waals surface area contributed by atoms with Gasteiger partial charge >= 0.3 is 0 Å². The molecule has 0 aromatic rings. The second-order valence-electron chi connectivity index (χ2n) is 2.36. The maximum atomic E-state index is 5.42. The quantitative estimate of drug-likeness (QED) is 0.416. The van der Waals surface area contributed by atoms with Gasteiger partial charge in [-0.3, -0.25) is 0 Å². The highest BCUT2D eigenvalue weighted by Crippen LogP contribution is 1.98. The van der Waals surface area contributed by atoms with E-state index in [0.29, 0.717) is 12.5 Å². The van der Waals surface area contributed by atoms with Gasteiger partial charge in [0.05, 0.1) is 6.61 Å². The molecule has 2 heteroatoms. The van der Waals surface area contributed by atoms with Gasteiger partial charge in [-0.15, -0.1) is 11.6 Å². The van der Waals surface area contributed by atoms with Crippen molar-refractivity contribution in [3.63, 3.8) is 0 Å². The second kappa shape index (κ2) is 9.25. The number of rotatable bonds is 7. The minimum Gasteiger partial charge on any atom is -0.380 e. The first-order valence-corrected chi connectivity index (χ1v) is 4.59. The van der Waals surface area contributed by atoms with Crippen LogP contribution in [0.4, 0.5) is 0 Å². The van der Waals surface area contributed by atoms with E-state index in [1.165, 1.54) is 25.7 Å². The first-order chi connectivity index (χ1) is 4.91. The Morgan fingerprint density at radius 2 is 1.90 bits per heavy atom. The summed E-state index contributed by atoms with van der Waals surface area (Å²) in [5, 5.41) is 0. The van der Waals surface area contributed by atoms with Crippen molar-refractivity contribution in [3.8, 4) is 0 Å². The third-order valence-electron chi connectivity index (χ3n) is 1.36. The summed E-state index contributed by atoms with van der Waals surface area (Å²) in [5.74, 6) is 0.619. The van der Waals surface area contributed by atoms with Crippen molar-refractivity contribution in [2.45, 2.75) is 32.6 Å². The maximum Gasteiger partial charge on any atom is 0.0601 e. The van der Waals surface area contributed by atoms with Gasteiger partial charge in [0.2, 0.25) is 0 Å². The van der Waals surface area contributed by atoms with E-state index < -0.39 is 0 Å². The van der Waals surface area contributed by atoms with Crippen LogP contribution in [0.2, 0.25) is 0 Å². The molecule has 0 aromatic heterocycles. The van der Waals surface area contributed by atoms with Crippen LogP contribution in [0.5, 0.6) is 0 Å². The third kappa shape index (κ3) is 8.25. The molecule has 0 atom stereocenters. The molecule has 10 heavy (non-hydrogen) atoms. The van der Waals surface area contributed by atoms with Crippen LogP contribution in [0, 0.1) is 0 Å². The molecule has 0 N–H and O–H groups in total. The molecule has 0 aliphatic carbocycles. The van der Waals surface area contributed by atoms with Gasteiger partial charge in [-0.2, -0.15) is 0 Å². The molecule has 0 aliphatic heterocycles. The third-order valence-corrected chi connectivity index (χ3v) is 1.52. The molecule has 0 saturated carbocycles. The number of hydrogen-bond donors (Lipinski definition) is 0. The molecule has 0 aliphatic rings. The highest BCUT2D eigenvalue weighted by atomic mass is 35.5. The second-order valence-corrected chi connectivity index (χ2v) is 2.74. The summed E-state index contributed by atoms with van der Waals surface area (Å²) in [6.07, 6.45) is 5.09. The predicted molar refractivity (Wildman–Crippen MR) is 45.7 cm³/mol. The summed E-state index contributed by atoms with van der Waals surface area (Å²) in [7, 11) is 0. The van der Waals surface area contributed by atoms with Crippen molar-refractivity contribution in [1.29, 1.82) is 0 Å². The first-order valence-electron chi connectivity index (χ1n) is 4.05. The molecule has 0 amide bonds. The lowest BCUT2D eigenvalue weighted by Crippen LogP contribution is -1.97. The average Bonchev–Trinajstić information content (AvgIpc) is 1.97. The Hall–Kier alpha value is 0.250. The molecular formula is C8H17ClO. The summed E-state index contributed by atoms with van der Waals surface area (Å²) in [6.45, 7) is 3.79. The Balaban J connectivity index is 2.65. The van der Waals surface area contributed by atoms with Gasteiger partial charge in [0.1, 0.15) is 0 Å². The van der Waals surface area contributed by atoms with Crippen molar-refractivity contribution in [1.82, 2.24) is 0 Å². The Morgan fingerprint density at radius 1 is 1.10 bits per heavy atom. The predicted octanol–water partition coefficient (Wildman–Crippen LogP) is 2.82. The lowest BCUT2D eigenvalue weighted by Gasteiger charge is -1.99. The van der Waals surface area contributed by atoms with E-state index in [9.17, 15) is 0 Å². The SMILES string of the molecule is CCCCCCOCCCl. The zero-order chi connectivity index (χ0) is 7.66. The fourth-order valence-corrected chi connectivity index (χ4v) is 0.897. The molecule has 0 radical (unpaired) electrons. The lowest BCUT2D eigenvalue weighted by atomic mass is 10.2. The minimum absolute atomic E-state index is 0.619. The summed E-state index contributed by atoms with van der Waals surface area (Å²) >= 11 is 5.42. The zero-order valence-electron chi connectivity index (χ0n) is 6.74. The molecule has 0 unspecified atom stereocenters. The number of hydrogen-bond acceptors (Lipinski definition) is 1. The number of unbranched alkanes of at least 4 members (excludes halogenated alkanes) is 3. The fourth-order valence-electron chi connectivity index (χ4n) is 0.788. The van der Waals surface area contributed by atoms with Gasteiger partial charge in [-0.1, -0.05) is 26.2 Å². The van der Waals surface area contributed by atoms with Crippen molar-refractivity contribution >= 4 is 11.6 Å². The summed E-state index contributed by atoms with van der Waals surface area (Å²) in [5.41, 5.74) is 0. The van der Waals surface area contributed by atoms with E-state index in [0.717, 1.165) is 6.61 Å². The van der Waals surface area contributed by atoms with Crippen molar-refractivity contribution in [2.75, 3.05) is 19.1 Å². The highest BCUT2D eigenvalue weighted by molar-refractivity contribution is 6.17. The van der Waals surface area contributed by atoms with Gasteiger partial charge in [0, 0.05) is 12.5 Å². The largest absolute Gasteiger partial charge is 0.380 e. The molecular weight excluding hydrogens is 148 g/mol. The van der Waals surface area contributed by atoms with Crippen LogP contribution >= 0.6 is 11.6 Å². The standard InChI is InChI=1S/C8H17ClO/c1-2-3-4-5-7-10-8-6-9/h2-8H2,1H3. The topological polar surface area (TPSA) is 9.23 Å². The monoisotopic (exact) mass is 164 g/mol. The number of ether oxygens (including phenoxy) is 1. The molecule has 0 heterocycles. The Labute approximate surface area is 68.7 Å². The average molecular weight is 165 g/mol. The number of halogens is 1. The molecule has 0 saturated heterocycles. The maximum absolute atomic E-state index is 5.42. The summed E-state index contributed by atoms with van der Waals surface area (Å²) in [6, 6.07) is 0. The van der Waals surface area contributed by atoms with Gasteiger partial charge in [-0.05, 0) is 6.42 Å². The molecule has 0 aromatic carbocycles. The first kappa shape index (κ1) is 10.2. The molecule has 0 rings (SSSR count). The minimum atomic E-state index is 0.619. The normalized spacial score (nSPS) is 10.2. The van der Waals surface area contributed by atoms with Crippen LogP contribution in [0.15, 0.2) is 0 Å². The summed E-state index contributed by atoms with van der Waals surface area (Å²) in [4.78, 5) is 0. The van der Waals surface area contributed by atoms with E-state index in [4.69, 9.17) is 16.3 Å². The van der Waals surface area contributed by atoms with Crippen LogP contribution in [-0.4, -0.2) is 19.1 Å². The molecule has 0 spiro atoms. The molecule has 1 nitrogen and oxygen atoms in total. The molecule has 0 fully saturated rings. The van der Waals surface area contributed by atoms with E-state index in [1.807, 2.05) is 0 Å². The van der Waals surface area contributed by atoms with E-state index in [2.05, 4.69) is 6.92 Å². The van der Waals surface area contributed by atoms with Crippen LogP contribution in [0.1, 0.15) is 32.6 Å². The van der Waals surface area contributed by atoms with E-state index in [1.54, 1.807) is 0 Å². The van der Waals surface area contributed by atoms with Gasteiger partial charge < -0.3 is 4.74 Å². The Kier molecular flexibility index (Phi) is 9.48. The van der Waals surface area contributed by atoms with Crippen molar-refractivity contribution in [2.24, 2.45) is 0 Å². The fraction of sp³-hybridized carbons (Fsp3) is 1.00. The van der Waals surface area contributed by atoms with E-state index in [-0.39, 0.29) is 0 Å².